The minimum Gasteiger partial charge on any atom is -0.469 e. The van der Waals surface area contributed by atoms with E-state index in [2.05, 4.69) is 34.6 Å². The van der Waals surface area contributed by atoms with Gasteiger partial charge in [0.05, 0.1) is 12.5 Å². The average molecular weight is 493 g/mol. The van der Waals surface area contributed by atoms with Crippen LogP contribution in [0.25, 0.3) is 0 Å². The third-order valence-corrected chi connectivity index (χ3v) is 7.04. The number of methoxy groups -OCH3 is 1. The van der Waals surface area contributed by atoms with Gasteiger partial charge in [-0.05, 0) is 61.7 Å². The van der Waals surface area contributed by atoms with Gasteiger partial charge < -0.3 is 9.84 Å². The summed E-state index contributed by atoms with van der Waals surface area (Å²) in [7, 11) is 1.46. The first-order chi connectivity index (χ1) is 14.6. The first kappa shape index (κ1) is 32.0. The molecule has 4 atom stereocenters. The van der Waals surface area contributed by atoms with Gasteiger partial charge in [0, 0.05) is 0 Å². The topological polar surface area (TPSA) is 46.5 Å². The number of hydrogen-bond donors (Lipinski definition) is 1. The van der Waals surface area contributed by atoms with Crippen LogP contribution in [0.1, 0.15) is 87.5 Å². The van der Waals surface area contributed by atoms with Crippen molar-refractivity contribution in [3.63, 3.8) is 0 Å². The Balaban J connectivity index is 0.000000653. The summed E-state index contributed by atoms with van der Waals surface area (Å²) in [4.78, 5) is 11.7. The fraction of sp³-hybridized carbons (Fsp3) is 0.958. The summed E-state index contributed by atoms with van der Waals surface area (Å²) in [5, 5.41) is 9.17. The summed E-state index contributed by atoms with van der Waals surface area (Å²) >= 11 is 0. The van der Waals surface area contributed by atoms with E-state index in [4.69, 9.17) is 4.74 Å². The number of alkyl halides is 6. The predicted octanol–water partition coefficient (Wildman–Crippen LogP) is 7.56. The molecule has 1 aliphatic carbocycles. The Labute approximate surface area is 194 Å². The Kier molecular flexibility index (Phi) is 10.8. The van der Waals surface area contributed by atoms with Crippen LogP contribution in [0.5, 0.6) is 0 Å². The molecule has 4 unspecified atom stereocenters. The number of halogens is 6. The highest BCUT2D eigenvalue weighted by Crippen LogP contribution is 2.51. The lowest BCUT2D eigenvalue weighted by molar-refractivity contribution is -0.373. The van der Waals surface area contributed by atoms with Gasteiger partial charge in [-0.1, -0.05) is 54.9 Å². The molecule has 0 radical (unpaired) electrons. The molecular weight excluding hydrogens is 450 g/mol. The predicted molar refractivity (Wildman–Crippen MR) is 116 cm³/mol. The quantitative estimate of drug-likeness (QED) is 0.307. The molecule has 0 bridgehead atoms. The first-order valence-electron chi connectivity index (χ1n) is 11.5. The number of aliphatic hydroxyl groups is 1. The minimum atomic E-state index is -5.70. The molecule has 0 saturated heterocycles. The maximum absolute atomic E-state index is 12.6. The molecule has 0 aliphatic heterocycles. The average Bonchev–Trinajstić information content (AvgIpc) is 2.97. The van der Waals surface area contributed by atoms with Crippen LogP contribution < -0.4 is 0 Å². The summed E-state index contributed by atoms with van der Waals surface area (Å²) < 4.78 is 80.4. The third-order valence-electron chi connectivity index (χ3n) is 7.04. The molecular formula is C24H42F6O3. The van der Waals surface area contributed by atoms with Crippen molar-refractivity contribution in [2.24, 2.45) is 34.5 Å². The molecule has 0 aromatic carbocycles. The van der Waals surface area contributed by atoms with Crippen molar-refractivity contribution < 1.29 is 41.0 Å². The zero-order valence-electron chi connectivity index (χ0n) is 21.4. The Bertz CT molecular complexity index is 607. The molecule has 0 heterocycles. The minimum absolute atomic E-state index is 0.0950. The van der Waals surface area contributed by atoms with E-state index in [-0.39, 0.29) is 28.6 Å². The van der Waals surface area contributed by atoms with Gasteiger partial charge in [-0.2, -0.15) is 26.3 Å². The van der Waals surface area contributed by atoms with Crippen LogP contribution in [0.2, 0.25) is 0 Å². The molecule has 0 aromatic rings. The molecule has 198 valence electrons. The largest absolute Gasteiger partial charge is 0.469 e. The van der Waals surface area contributed by atoms with Crippen molar-refractivity contribution in [3.05, 3.63) is 0 Å². The lowest BCUT2D eigenvalue weighted by atomic mass is 9.69. The molecule has 1 aliphatic rings. The number of esters is 1. The molecule has 0 aromatic heterocycles. The summed E-state index contributed by atoms with van der Waals surface area (Å²) in [6.45, 7) is 16.1. The van der Waals surface area contributed by atoms with E-state index in [1.165, 1.54) is 7.11 Å². The van der Waals surface area contributed by atoms with E-state index >= 15 is 0 Å². The zero-order chi connectivity index (χ0) is 26.6. The Morgan fingerprint density at radius 3 is 1.73 bits per heavy atom. The number of carbonyl (C=O) groups is 1. The van der Waals surface area contributed by atoms with E-state index in [1.807, 2.05) is 13.8 Å². The standard InChI is InChI=1S/C12H18F6O.C12H24O2/c1-3-8-4-7(2)9(5-8)6-10(19,11(13,14)15)12(16,17)18;1-9(2)12(6,10(13)14-7)8-11(3,4)5/h7-9,19H,3-6H2,1-2H3;9H,8H2,1-7H3. The highest BCUT2D eigenvalue weighted by Gasteiger charge is 2.70. The van der Waals surface area contributed by atoms with E-state index < -0.39 is 30.3 Å². The van der Waals surface area contributed by atoms with Gasteiger partial charge in [0.15, 0.2) is 0 Å². The number of rotatable bonds is 6. The fourth-order valence-corrected chi connectivity index (χ4v) is 4.71. The van der Waals surface area contributed by atoms with Crippen molar-refractivity contribution in [2.45, 2.75) is 105 Å². The van der Waals surface area contributed by atoms with E-state index in [0.717, 1.165) is 12.8 Å². The Morgan fingerprint density at radius 2 is 1.45 bits per heavy atom. The molecule has 0 spiro atoms. The van der Waals surface area contributed by atoms with Gasteiger partial charge in [0.25, 0.3) is 5.60 Å². The molecule has 3 nitrogen and oxygen atoms in total. The van der Waals surface area contributed by atoms with Crippen LogP contribution in [0.4, 0.5) is 26.3 Å². The van der Waals surface area contributed by atoms with Gasteiger partial charge in [-0.25, -0.2) is 0 Å². The van der Waals surface area contributed by atoms with Gasteiger partial charge in [-0.15, -0.1) is 0 Å². The van der Waals surface area contributed by atoms with Gasteiger partial charge in [-0.3, -0.25) is 4.79 Å². The van der Waals surface area contributed by atoms with Crippen LogP contribution in [-0.4, -0.2) is 36.1 Å². The molecule has 1 fully saturated rings. The smallest absolute Gasteiger partial charge is 0.426 e. The Hall–Kier alpha value is -0.990. The monoisotopic (exact) mass is 492 g/mol. The molecule has 1 N–H and O–H groups in total. The maximum atomic E-state index is 12.6. The maximum Gasteiger partial charge on any atom is 0.426 e. The van der Waals surface area contributed by atoms with Crippen molar-refractivity contribution >= 4 is 5.97 Å². The summed E-state index contributed by atoms with van der Waals surface area (Å²) in [5.74, 6) is -0.637. The normalized spacial score (nSPS) is 24.2. The van der Waals surface area contributed by atoms with Crippen LogP contribution in [0.15, 0.2) is 0 Å². The van der Waals surface area contributed by atoms with Crippen LogP contribution >= 0.6 is 0 Å². The number of ether oxygens (including phenoxy) is 1. The first-order valence-corrected chi connectivity index (χ1v) is 11.5. The van der Waals surface area contributed by atoms with E-state index in [9.17, 15) is 36.2 Å². The van der Waals surface area contributed by atoms with Gasteiger partial charge >= 0.3 is 18.3 Å². The highest BCUT2D eigenvalue weighted by atomic mass is 19.4. The lowest BCUT2D eigenvalue weighted by Gasteiger charge is -2.36. The van der Waals surface area contributed by atoms with Gasteiger partial charge in [0.1, 0.15) is 0 Å². The van der Waals surface area contributed by atoms with Crippen molar-refractivity contribution in [1.29, 1.82) is 0 Å². The molecule has 1 saturated carbocycles. The SMILES string of the molecule is CCC1CC(C)C(CC(O)(C(F)(F)F)C(F)(F)F)C1.COC(=O)C(C)(CC(C)(C)C)C(C)C. The zero-order valence-corrected chi connectivity index (χ0v) is 21.4. The van der Waals surface area contributed by atoms with Crippen LogP contribution in [0.3, 0.4) is 0 Å². The van der Waals surface area contributed by atoms with E-state index in [1.54, 1.807) is 6.92 Å². The second-order valence-electron chi connectivity index (χ2n) is 11.3. The van der Waals surface area contributed by atoms with Crippen LogP contribution in [0, 0.1) is 34.5 Å². The van der Waals surface area contributed by atoms with Gasteiger partial charge in [0.2, 0.25) is 0 Å². The number of hydrogen-bond acceptors (Lipinski definition) is 3. The van der Waals surface area contributed by atoms with Crippen LogP contribution in [-0.2, 0) is 9.53 Å². The fourth-order valence-electron chi connectivity index (χ4n) is 4.71. The molecule has 0 amide bonds. The molecule has 1 rings (SSSR count). The molecule has 33 heavy (non-hydrogen) atoms. The summed E-state index contributed by atoms with van der Waals surface area (Å²) in [6, 6.07) is 0. The summed E-state index contributed by atoms with van der Waals surface area (Å²) in [6.07, 6.45) is -10.2. The lowest BCUT2D eigenvalue weighted by Crippen LogP contribution is -2.57. The van der Waals surface area contributed by atoms with Crippen molar-refractivity contribution in [2.75, 3.05) is 7.11 Å². The van der Waals surface area contributed by atoms with Crippen molar-refractivity contribution in [1.82, 2.24) is 0 Å². The highest BCUT2D eigenvalue weighted by molar-refractivity contribution is 5.76. The van der Waals surface area contributed by atoms with E-state index in [0.29, 0.717) is 18.8 Å². The van der Waals surface area contributed by atoms with Crippen molar-refractivity contribution in [3.8, 4) is 0 Å². The second kappa shape index (κ2) is 11.2. The second-order valence-corrected chi connectivity index (χ2v) is 11.3. The summed E-state index contributed by atoms with van der Waals surface area (Å²) in [5.41, 5.74) is -4.82. The third kappa shape index (κ3) is 8.32. The number of carbonyl (C=O) groups excluding carboxylic acids is 1. The molecule has 9 heteroatoms. The Morgan fingerprint density at radius 1 is 1.00 bits per heavy atom.